The van der Waals surface area contributed by atoms with Crippen LogP contribution in [0.15, 0.2) is 540 Å². The maximum absolute atomic E-state index is 5.92. The number of benzene rings is 21. The van der Waals surface area contributed by atoms with E-state index in [1.54, 1.807) is 0 Å². The molecule has 0 saturated heterocycles. The highest BCUT2D eigenvalue weighted by molar-refractivity contribution is 5.95. The third-order valence-corrected chi connectivity index (χ3v) is 27.6. The largest absolute Gasteiger partial charge is 0.208 e. The highest BCUT2D eigenvalue weighted by Crippen LogP contribution is 2.59. The molecule has 3 aromatic heterocycles. The molecular formula is C136H89N9. The van der Waals surface area contributed by atoms with Crippen LogP contribution in [0.1, 0.15) is 22.3 Å². The zero-order valence-electron chi connectivity index (χ0n) is 78.9. The van der Waals surface area contributed by atoms with Gasteiger partial charge in [-0.05, 0) is 277 Å². The van der Waals surface area contributed by atoms with Crippen LogP contribution in [0.3, 0.4) is 0 Å². The lowest BCUT2D eigenvalue weighted by Gasteiger charge is -2.35. The lowest BCUT2D eigenvalue weighted by molar-refractivity contribution is 0.769. The SMILES string of the molecule is c1ccc(-c2cc(-c3ccccc3)cc(-c3cccc(-c4nc(-c5cc(-c6ccccc6)cc(-c6ccccc6)c5)nc(-c5ccc6c(c5)C(c5cc(-c7cc(-c8ccccc8)cc(-c8ccccc8)c7)cc(-c7cc(-c8ccccc8)cc(-c8ccccc8)c7)c5)(c5cc(-c7nc(-c8ccccc8)nc(-c8ccccc8)n7)cc(-c7nc(-c8ccccc8)nc(-c8ccccc8)n7)c5)c5ccccc5-6)n4)c3)c2)cc1. The Labute approximate surface area is 842 Å². The molecule has 1 unspecified atom stereocenters. The Morgan fingerprint density at radius 2 is 0.262 bits per heavy atom. The first-order valence-electron chi connectivity index (χ1n) is 49.0. The summed E-state index contributed by atoms with van der Waals surface area (Å²) in [5.74, 6) is 4.32. The molecule has 0 saturated carbocycles. The molecular weight excluding hydrogens is 1760 g/mol. The summed E-state index contributed by atoms with van der Waals surface area (Å²) in [7, 11) is 0. The summed E-state index contributed by atoms with van der Waals surface area (Å²) in [5.41, 5.74) is 34.7. The van der Waals surface area contributed by atoms with Crippen molar-refractivity contribution in [1.82, 2.24) is 44.9 Å². The lowest BCUT2D eigenvalue weighted by atomic mass is 9.66. The van der Waals surface area contributed by atoms with Crippen molar-refractivity contribution in [2.45, 2.75) is 5.41 Å². The van der Waals surface area contributed by atoms with E-state index < -0.39 is 5.41 Å². The Balaban J connectivity index is 0.811. The van der Waals surface area contributed by atoms with E-state index in [4.69, 9.17) is 44.9 Å². The van der Waals surface area contributed by atoms with Gasteiger partial charge in [-0.15, -0.1) is 0 Å². The van der Waals surface area contributed by atoms with Crippen molar-refractivity contribution in [2.24, 2.45) is 0 Å². The van der Waals surface area contributed by atoms with E-state index in [1.807, 2.05) is 72.8 Å². The van der Waals surface area contributed by atoms with Gasteiger partial charge in [0.25, 0.3) is 0 Å². The summed E-state index contributed by atoms with van der Waals surface area (Å²) >= 11 is 0. The second-order valence-electron chi connectivity index (χ2n) is 36.7. The molecule has 145 heavy (non-hydrogen) atoms. The Kier molecular flexibility index (Phi) is 23.1. The lowest BCUT2D eigenvalue weighted by Crippen LogP contribution is -2.29. The Morgan fingerprint density at radius 1 is 0.0966 bits per heavy atom. The van der Waals surface area contributed by atoms with E-state index >= 15 is 0 Å². The maximum Gasteiger partial charge on any atom is 0.164 e. The van der Waals surface area contributed by atoms with Crippen LogP contribution in [-0.4, -0.2) is 44.9 Å². The molecule has 0 amide bonds. The average molecular weight is 1850 g/mol. The molecule has 0 aliphatic heterocycles. The highest BCUT2D eigenvalue weighted by atomic mass is 15.1. The number of hydrogen-bond donors (Lipinski definition) is 0. The summed E-state index contributed by atoms with van der Waals surface area (Å²) < 4.78 is 0. The van der Waals surface area contributed by atoms with E-state index in [0.29, 0.717) is 63.5 Å². The van der Waals surface area contributed by atoms with E-state index in [2.05, 4.69) is 467 Å². The second-order valence-corrected chi connectivity index (χ2v) is 36.7. The number of fused-ring (bicyclic) bond motifs is 3. The van der Waals surface area contributed by atoms with Crippen molar-refractivity contribution < 1.29 is 0 Å². The van der Waals surface area contributed by atoms with Crippen LogP contribution in [0.25, 0.3) is 236 Å². The van der Waals surface area contributed by atoms with E-state index in [1.165, 1.54) is 0 Å². The van der Waals surface area contributed by atoms with Gasteiger partial charge in [0.2, 0.25) is 0 Å². The topological polar surface area (TPSA) is 116 Å². The molecule has 24 aromatic rings. The molecule has 678 valence electrons. The zero-order valence-corrected chi connectivity index (χ0v) is 78.9. The number of rotatable bonds is 22. The van der Waals surface area contributed by atoms with Crippen molar-refractivity contribution in [1.29, 1.82) is 0 Å². The van der Waals surface area contributed by atoms with Gasteiger partial charge in [0.1, 0.15) is 0 Å². The van der Waals surface area contributed by atoms with Crippen LogP contribution in [0, 0.1) is 0 Å². The van der Waals surface area contributed by atoms with Gasteiger partial charge in [0.05, 0.1) is 5.41 Å². The molecule has 25 rings (SSSR count). The van der Waals surface area contributed by atoms with E-state index in [9.17, 15) is 0 Å². The van der Waals surface area contributed by atoms with Crippen LogP contribution >= 0.6 is 0 Å². The predicted octanol–water partition coefficient (Wildman–Crippen LogP) is 33.9. The zero-order chi connectivity index (χ0) is 96.4. The summed E-state index contributed by atoms with van der Waals surface area (Å²) in [6.45, 7) is 0. The summed E-state index contributed by atoms with van der Waals surface area (Å²) in [6, 6.07) is 193. The van der Waals surface area contributed by atoms with Crippen molar-refractivity contribution in [3.05, 3.63) is 562 Å². The van der Waals surface area contributed by atoms with Crippen LogP contribution in [0.2, 0.25) is 0 Å². The Hall–Kier alpha value is -19.4. The molecule has 21 aromatic carbocycles. The minimum absolute atomic E-state index is 0.431. The van der Waals surface area contributed by atoms with Gasteiger partial charge in [-0.2, -0.15) is 0 Å². The third-order valence-electron chi connectivity index (χ3n) is 27.6. The van der Waals surface area contributed by atoms with Gasteiger partial charge in [-0.1, -0.05) is 419 Å². The molecule has 1 aliphatic carbocycles. The fourth-order valence-corrected chi connectivity index (χ4v) is 20.5. The molecule has 0 radical (unpaired) electrons. The quantitative estimate of drug-likeness (QED) is 0.0654. The standard InChI is InChI=1S/C136H89N9/c1-13-40-90(41-14-1)105-71-106(91-42-15-2-16-43-91)76-113(75-105)102-64-39-65-103(70-102)131-143-132(145-133(144-131)118-82-111(96-52-25-7-26-53-96)74-112(83-118)97-54-27-8-28-55-97)104-68-69-124-123-66-37-38-67-125(123)136(126(124)89-104,121-85-116(114-77-107(92-44-17-3-18-45-92)72-108(78-114)93-46-19-4-20-47-93)81-117(86-121)115-79-109(94-48-21-5-22-49-94)73-110(80-115)95-50-23-6-24-51-95)122-87-119(134-139-127(98-56-29-9-30-57-98)137-128(140-134)99-58-31-10-32-59-99)84-120(88-122)135-141-129(100-60-33-11-34-61-100)138-130(142-135)101-62-35-12-36-63-101/h1-89H. The molecule has 3 heterocycles. The highest BCUT2D eigenvalue weighted by Gasteiger charge is 2.48. The average Bonchev–Trinajstić information content (AvgIpc) is 1.53. The van der Waals surface area contributed by atoms with Crippen LogP contribution in [-0.2, 0) is 5.41 Å². The third kappa shape index (κ3) is 17.6. The summed E-state index contributed by atoms with van der Waals surface area (Å²) in [6.07, 6.45) is 0. The van der Waals surface area contributed by atoms with Crippen molar-refractivity contribution in [3.63, 3.8) is 0 Å². The van der Waals surface area contributed by atoms with Crippen LogP contribution in [0.4, 0.5) is 0 Å². The van der Waals surface area contributed by atoms with Gasteiger partial charge in [-0.25, -0.2) is 44.9 Å². The molecule has 0 fully saturated rings. The number of nitrogens with zero attached hydrogens (tertiary/aromatic N) is 9. The second kappa shape index (κ2) is 38.4. The molecule has 0 N–H and O–H groups in total. The van der Waals surface area contributed by atoms with Gasteiger partial charge >= 0.3 is 0 Å². The normalized spacial score (nSPS) is 12.4. The fourth-order valence-electron chi connectivity index (χ4n) is 20.5. The monoisotopic (exact) mass is 1850 g/mol. The molecule has 0 spiro atoms. The molecule has 1 atom stereocenters. The van der Waals surface area contributed by atoms with Gasteiger partial charge in [0, 0.05) is 50.1 Å². The van der Waals surface area contributed by atoms with Crippen molar-refractivity contribution in [3.8, 4) is 236 Å². The van der Waals surface area contributed by atoms with Crippen molar-refractivity contribution in [2.75, 3.05) is 0 Å². The van der Waals surface area contributed by atoms with E-state index in [0.717, 1.165) is 195 Å². The van der Waals surface area contributed by atoms with Gasteiger partial charge in [-0.3, -0.25) is 0 Å². The Morgan fingerprint density at radius 3 is 0.545 bits per heavy atom. The maximum atomic E-state index is 5.92. The van der Waals surface area contributed by atoms with Crippen LogP contribution < -0.4 is 0 Å². The predicted molar refractivity (Wildman–Crippen MR) is 593 cm³/mol. The Bertz CT molecular complexity index is 7980. The van der Waals surface area contributed by atoms with Crippen molar-refractivity contribution >= 4 is 0 Å². The first-order chi connectivity index (χ1) is 71.7. The van der Waals surface area contributed by atoms with Gasteiger partial charge in [0.15, 0.2) is 52.4 Å². The number of hydrogen-bond acceptors (Lipinski definition) is 9. The van der Waals surface area contributed by atoms with Crippen LogP contribution in [0.5, 0.6) is 0 Å². The summed E-state index contributed by atoms with van der Waals surface area (Å²) in [5, 5.41) is 0. The smallest absolute Gasteiger partial charge is 0.164 e. The summed E-state index contributed by atoms with van der Waals surface area (Å²) in [4.78, 5) is 51.0. The molecule has 9 heteroatoms. The molecule has 9 nitrogen and oxygen atoms in total. The first-order valence-corrected chi connectivity index (χ1v) is 49.0. The van der Waals surface area contributed by atoms with Gasteiger partial charge < -0.3 is 0 Å². The van der Waals surface area contributed by atoms with E-state index in [-0.39, 0.29) is 0 Å². The fraction of sp³-hybridized carbons (Fsp3) is 0.00735. The molecule has 0 bridgehead atoms. The first kappa shape index (κ1) is 87.2. The minimum atomic E-state index is -1.36. The minimum Gasteiger partial charge on any atom is -0.208 e. The molecule has 1 aliphatic rings. The number of aromatic nitrogens is 9.